The van der Waals surface area contributed by atoms with Gasteiger partial charge in [0.15, 0.2) is 0 Å². The molecular formula is C19H17F6NO4. The number of benzene rings is 2. The Morgan fingerprint density at radius 3 is 1.93 bits per heavy atom. The summed E-state index contributed by atoms with van der Waals surface area (Å²) in [4.78, 5) is 11.6. The quantitative estimate of drug-likeness (QED) is 0.596. The fourth-order valence-electron chi connectivity index (χ4n) is 2.64. The fraction of sp³-hybridized carbons (Fsp3) is 0.316. The summed E-state index contributed by atoms with van der Waals surface area (Å²) in [6.07, 6.45) is -16.2. The summed E-state index contributed by atoms with van der Waals surface area (Å²) in [7, 11) is 0. The highest BCUT2D eigenvalue weighted by atomic mass is 19.4. The van der Waals surface area contributed by atoms with Crippen LogP contribution in [-0.2, 0) is 23.7 Å². The van der Waals surface area contributed by atoms with Crippen LogP contribution in [0.1, 0.15) is 28.4 Å². The molecule has 0 radical (unpaired) electrons. The van der Waals surface area contributed by atoms with Crippen LogP contribution >= 0.6 is 0 Å². The van der Waals surface area contributed by atoms with Crippen LogP contribution in [0.5, 0.6) is 0 Å². The maximum atomic E-state index is 13.2. The van der Waals surface area contributed by atoms with Crippen molar-refractivity contribution in [3.63, 3.8) is 0 Å². The van der Waals surface area contributed by atoms with Gasteiger partial charge in [0.2, 0.25) is 0 Å². The molecule has 0 saturated heterocycles. The maximum absolute atomic E-state index is 13.2. The Balaban J connectivity index is 2.11. The Bertz CT molecular complexity index is 822. The molecule has 0 saturated carbocycles. The molecule has 0 aliphatic carbocycles. The minimum Gasteiger partial charge on any atom is -0.445 e. The summed E-state index contributed by atoms with van der Waals surface area (Å²) in [6, 6.07) is 9.68. The van der Waals surface area contributed by atoms with Gasteiger partial charge in [-0.25, -0.2) is 4.79 Å². The third-order valence-electron chi connectivity index (χ3n) is 4.05. The lowest BCUT2D eigenvalue weighted by Gasteiger charge is -2.25. The second-order valence-electron chi connectivity index (χ2n) is 6.22. The van der Waals surface area contributed by atoms with Crippen LogP contribution in [0.25, 0.3) is 0 Å². The van der Waals surface area contributed by atoms with Crippen LogP contribution in [0.3, 0.4) is 0 Å². The zero-order valence-electron chi connectivity index (χ0n) is 15.2. The molecule has 2 rings (SSSR count). The van der Waals surface area contributed by atoms with Gasteiger partial charge < -0.3 is 20.3 Å². The van der Waals surface area contributed by atoms with Crippen molar-refractivity contribution in [2.75, 3.05) is 6.54 Å². The summed E-state index contributed by atoms with van der Waals surface area (Å²) in [6.45, 7) is -1.00. The van der Waals surface area contributed by atoms with Crippen molar-refractivity contribution in [3.8, 4) is 0 Å². The molecule has 0 aliphatic heterocycles. The van der Waals surface area contributed by atoms with Crippen molar-refractivity contribution in [2.45, 2.75) is 31.2 Å². The van der Waals surface area contributed by atoms with Gasteiger partial charge in [-0.15, -0.1) is 0 Å². The van der Waals surface area contributed by atoms with E-state index in [1.54, 1.807) is 30.3 Å². The zero-order valence-corrected chi connectivity index (χ0v) is 15.2. The van der Waals surface area contributed by atoms with Gasteiger partial charge in [0.1, 0.15) is 18.8 Å². The molecule has 2 aromatic rings. The molecule has 0 heterocycles. The normalized spacial score (nSPS) is 14.1. The van der Waals surface area contributed by atoms with Gasteiger partial charge in [-0.3, -0.25) is 0 Å². The summed E-state index contributed by atoms with van der Waals surface area (Å²) in [5.41, 5.74) is -4.38. The molecule has 1 amide bonds. The van der Waals surface area contributed by atoms with E-state index in [1.807, 2.05) is 5.32 Å². The number of halogens is 6. The van der Waals surface area contributed by atoms with E-state index in [0.717, 1.165) is 0 Å². The lowest BCUT2D eigenvalue weighted by Crippen LogP contribution is -2.37. The Hall–Kier alpha value is -2.79. The van der Waals surface area contributed by atoms with Crippen molar-refractivity contribution < 1.29 is 46.1 Å². The molecular weight excluding hydrogens is 420 g/mol. The molecule has 11 heteroatoms. The highest BCUT2D eigenvalue weighted by Gasteiger charge is 2.43. The van der Waals surface area contributed by atoms with E-state index in [2.05, 4.69) is 0 Å². The number of nitrogens with one attached hydrogen (secondary N) is 1. The van der Waals surface area contributed by atoms with Gasteiger partial charge in [0, 0.05) is 12.1 Å². The fourth-order valence-corrected chi connectivity index (χ4v) is 2.64. The van der Waals surface area contributed by atoms with Gasteiger partial charge in [0.05, 0.1) is 11.1 Å². The number of amides is 1. The predicted molar refractivity (Wildman–Crippen MR) is 92.0 cm³/mol. The molecule has 2 aromatic carbocycles. The molecule has 164 valence electrons. The number of ether oxygens (including phenoxy) is 1. The van der Waals surface area contributed by atoms with Crippen LogP contribution in [0.2, 0.25) is 0 Å². The summed E-state index contributed by atoms with van der Waals surface area (Å²) in [5, 5.41) is 22.0. The van der Waals surface area contributed by atoms with Crippen LogP contribution in [0, 0.1) is 0 Å². The second-order valence-corrected chi connectivity index (χ2v) is 6.22. The third kappa shape index (κ3) is 6.10. The van der Waals surface area contributed by atoms with E-state index >= 15 is 0 Å². The van der Waals surface area contributed by atoms with Gasteiger partial charge in [0.25, 0.3) is 0 Å². The van der Waals surface area contributed by atoms with Crippen molar-refractivity contribution >= 4 is 6.09 Å². The topological polar surface area (TPSA) is 78.8 Å². The lowest BCUT2D eigenvalue weighted by molar-refractivity contribution is -0.147. The molecule has 5 nitrogen and oxygen atoms in total. The number of aliphatic hydroxyl groups excluding tert-OH is 2. The largest absolute Gasteiger partial charge is 0.445 e. The van der Waals surface area contributed by atoms with E-state index in [9.17, 15) is 41.4 Å². The first-order chi connectivity index (χ1) is 13.9. The number of rotatable bonds is 6. The minimum atomic E-state index is -5.21. The number of carbonyl (C=O) groups is 1. The monoisotopic (exact) mass is 437 g/mol. The Morgan fingerprint density at radius 2 is 1.43 bits per heavy atom. The number of hydrogen-bond donors (Lipinski definition) is 3. The van der Waals surface area contributed by atoms with E-state index in [4.69, 9.17) is 4.74 Å². The minimum absolute atomic E-state index is 0.152. The van der Waals surface area contributed by atoms with Crippen molar-refractivity contribution in [1.82, 2.24) is 5.32 Å². The zero-order chi connectivity index (χ0) is 22.5. The number of alkyl halides is 6. The van der Waals surface area contributed by atoms with Crippen molar-refractivity contribution in [2.24, 2.45) is 0 Å². The van der Waals surface area contributed by atoms with E-state index < -0.39 is 53.9 Å². The van der Waals surface area contributed by atoms with E-state index in [-0.39, 0.29) is 6.61 Å². The first-order valence-electron chi connectivity index (χ1n) is 8.49. The lowest BCUT2D eigenvalue weighted by atomic mass is 9.92. The Morgan fingerprint density at radius 1 is 0.900 bits per heavy atom. The molecule has 0 aliphatic rings. The first kappa shape index (κ1) is 23.5. The van der Waals surface area contributed by atoms with Crippen LogP contribution < -0.4 is 5.32 Å². The molecule has 0 fully saturated rings. The number of alkyl carbamates (subject to hydrolysis) is 1. The van der Waals surface area contributed by atoms with Gasteiger partial charge in [-0.05, 0) is 17.7 Å². The highest BCUT2D eigenvalue weighted by Crippen LogP contribution is 2.42. The summed E-state index contributed by atoms with van der Waals surface area (Å²) in [5.74, 6) is 0. The highest BCUT2D eigenvalue weighted by molar-refractivity contribution is 5.67. The molecule has 30 heavy (non-hydrogen) atoms. The molecule has 0 spiro atoms. The van der Waals surface area contributed by atoms with E-state index in [1.165, 1.54) is 0 Å². The summed E-state index contributed by atoms with van der Waals surface area (Å²) >= 11 is 0. The standard InChI is InChI=1S/C19H17F6NO4/c20-18(21,22)12-7-4-8-13(19(23,24)25)15(12)16(28)14(27)9-26-17(29)30-10-11-5-2-1-3-6-11/h1-8,14,16,27-28H,9-10H2,(H,26,29). The average Bonchev–Trinajstić information content (AvgIpc) is 2.68. The molecule has 0 bridgehead atoms. The second kappa shape index (κ2) is 9.35. The van der Waals surface area contributed by atoms with Crippen LogP contribution in [-0.4, -0.2) is 29.0 Å². The molecule has 2 unspecified atom stereocenters. The van der Waals surface area contributed by atoms with Gasteiger partial charge >= 0.3 is 18.4 Å². The molecule has 2 atom stereocenters. The van der Waals surface area contributed by atoms with Crippen LogP contribution in [0.4, 0.5) is 31.1 Å². The average molecular weight is 437 g/mol. The van der Waals surface area contributed by atoms with Gasteiger partial charge in [-0.2, -0.15) is 26.3 Å². The SMILES string of the molecule is O=C(NCC(O)C(O)c1c(C(F)(F)F)cccc1C(F)(F)F)OCc1ccccc1. The summed E-state index contributed by atoms with van der Waals surface area (Å²) < 4.78 is 83.8. The van der Waals surface area contributed by atoms with E-state index in [0.29, 0.717) is 23.8 Å². The maximum Gasteiger partial charge on any atom is 0.416 e. The number of carbonyl (C=O) groups excluding carboxylic acids is 1. The number of aliphatic hydroxyl groups is 2. The third-order valence-corrected chi connectivity index (χ3v) is 4.05. The van der Waals surface area contributed by atoms with Crippen molar-refractivity contribution in [1.29, 1.82) is 0 Å². The Kier molecular flexibility index (Phi) is 7.32. The first-order valence-corrected chi connectivity index (χ1v) is 8.49. The van der Waals surface area contributed by atoms with Crippen molar-refractivity contribution in [3.05, 3.63) is 70.8 Å². The number of hydrogen-bond acceptors (Lipinski definition) is 4. The molecule has 3 N–H and O–H groups in total. The molecule has 0 aromatic heterocycles. The van der Waals surface area contributed by atoms with Gasteiger partial charge in [-0.1, -0.05) is 36.4 Å². The smallest absolute Gasteiger partial charge is 0.416 e. The van der Waals surface area contributed by atoms with Crippen LogP contribution in [0.15, 0.2) is 48.5 Å². The predicted octanol–water partition coefficient (Wildman–Crippen LogP) is 4.04. The Labute approximate surface area is 166 Å².